The number of carbonyl (C=O) groups excluding carboxylic acids is 1. The molecule has 0 radical (unpaired) electrons. The van der Waals surface area contributed by atoms with Gasteiger partial charge in [-0.2, -0.15) is 0 Å². The van der Waals surface area contributed by atoms with Crippen molar-refractivity contribution in [3.63, 3.8) is 0 Å². The molecule has 0 aromatic heterocycles. The van der Waals surface area contributed by atoms with E-state index in [0.717, 1.165) is 0 Å². The third-order valence-corrected chi connectivity index (χ3v) is 3.34. The van der Waals surface area contributed by atoms with Crippen molar-refractivity contribution in [1.82, 2.24) is 4.90 Å². The molecule has 1 aliphatic heterocycles. The average molecular weight is 279 g/mol. The lowest BCUT2D eigenvalue weighted by molar-refractivity contribution is -0.0586. The lowest BCUT2D eigenvalue weighted by Crippen LogP contribution is -2.48. The molecule has 0 saturated carbocycles. The molecule has 2 rings (SSSR count). The maximum atomic E-state index is 12.5. The topological polar surface area (TPSA) is 48.0 Å². The number of nitrogens with zero attached hydrogens (tertiary/aromatic N) is 1. The molecule has 1 saturated heterocycles. The highest BCUT2D eigenvalue weighted by molar-refractivity contribution is 5.95. The number of ether oxygens (including phenoxy) is 3. The molecule has 1 amide bonds. The summed E-state index contributed by atoms with van der Waals surface area (Å²) in [6, 6.07) is 5.22. The van der Waals surface area contributed by atoms with E-state index in [2.05, 4.69) is 0 Å². The van der Waals surface area contributed by atoms with E-state index < -0.39 is 0 Å². The lowest BCUT2D eigenvalue weighted by atomic mass is 10.1. The summed E-state index contributed by atoms with van der Waals surface area (Å²) in [5, 5.41) is 0. The van der Waals surface area contributed by atoms with Crippen LogP contribution in [0, 0.1) is 0 Å². The number of methoxy groups -OCH3 is 2. The monoisotopic (exact) mass is 279 g/mol. The molecule has 0 spiro atoms. The predicted octanol–water partition coefficient (Wildman–Crippen LogP) is 1.95. The quantitative estimate of drug-likeness (QED) is 0.848. The summed E-state index contributed by atoms with van der Waals surface area (Å²) in [6.07, 6.45) is 0.116. The maximum Gasteiger partial charge on any atom is 0.254 e. The Bertz CT molecular complexity index is 479. The van der Waals surface area contributed by atoms with Crippen LogP contribution < -0.4 is 9.47 Å². The van der Waals surface area contributed by atoms with E-state index in [-0.39, 0.29) is 18.1 Å². The van der Waals surface area contributed by atoms with Gasteiger partial charge in [-0.3, -0.25) is 4.79 Å². The summed E-state index contributed by atoms with van der Waals surface area (Å²) in [5.74, 6) is 1.17. The minimum absolute atomic E-state index is 0.00652. The minimum atomic E-state index is -0.00652. The Morgan fingerprint density at radius 1 is 1.15 bits per heavy atom. The molecule has 5 heteroatoms. The molecule has 2 atom stereocenters. The van der Waals surface area contributed by atoms with Crippen molar-refractivity contribution in [2.75, 3.05) is 27.3 Å². The number of carbonyl (C=O) groups is 1. The van der Waals surface area contributed by atoms with Gasteiger partial charge >= 0.3 is 0 Å². The first-order valence-electron chi connectivity index (χ1n) is 6.72. The average Bonchev–Trinajstić information content (AvgIpc) is 2.44. The van der Waals surface area contributed by atoms with Gasteiger partial charge in [-0.1, -0.05) is 0 Å². The van der Waals surface area contributed by atoms with Gasteiger partial charge in [-0.15, -0.1) is 0 Å². The molecule has 0 N–H and O–H groups in total. The van der Waals surface area contributed by atoms with Gasteiger partial charge in [0.2, 0.25) is 0 Å². The molecule has 5 nitrogen and oxygen atoms in total. The Kier molecular flexibility index (Phi) is 4.49. The van der Waals surface area contributed by atoms with E-state index in [9.17, 15) is 4.79 Å². The molecule has 110 valence electrons. The molecular weight excluding hydrogens is 258 g/mol. The number of hydrogen-bond donors (Lipinski definition) is 0. The zero-order chi connectivity index (χ0) is 14.7. The fraction of sp³-hybridized carbons (Fsp3) is 0.533. The SMILES string of the molecule is COc1ccc(C(=O)N2CC(C)OC(C)C2)cc1OC. The van der Waals surface area contributed by atoms with E-state index >= 15 is 0 Å². The van der Waals surface area contributed by atoms with Crippen molar-refractivity contribution >= 4 is 5.91 Å². The van der Waals surface area contributed by atoms with Gasteiger partial charge in [0, 0.05) is 18.7 Å². The fourth-order valence-electron chi connectivity index (χ4n) is 2.50. The van der Waals surface area contributed by atoms with Crippen LogP contribution in [0.3, 0.4) is 0 Å². The smallest absolute Gasteiger partial charge is 0.254 e. The molecule has 1 heterocycles. The third-order valence-electron chi connectivity index (χ3n) is 3.34. The molecule has 1 aromatic rings. The standard InChI is InChI=1S/C15H21NO4/c1-10-8-16(9-11(2)20-10)15(17)12-5-6-13(18-3)14(7-12)19-4/h5-7,10-11H,8-9H2,1-4H3. The Labute approximate surface area is 119 Å². The first-order chi connectivity index (χ1) is 9.55. The van der Waals surface area contributed by atoms with Crippen LogP contribution in [0.5, 0.6) is 11.5 Å². The van der Waals surface area contributed by atoms with E-state index in [1.165, 1.54) is 0 Å². The van der Waals surface area contributed by atoms with Gasteiger partial charge in [-0.05, 0) is 32.0 Å². The van der Waals surface area contributed by atoms with Crippen molar-refractivity contribution in [3.8, 4) is 11.5 Å². The van der Waals surface area contributed by atoms with Crippen LogP contribution in [0.1, 0.15) is 24.2 Å². The molecule has 1 fully saturated rings. The summed E-state index contributed by atoms with van der Waals surface area (Å²) in [7, 11) is 3.13. The minimum Gasteiger partial charge on any atom is -0.493 e. The summed E-state index contributed by atoms with van der Waals surface area (Å²) in [4.78, 5) is 14.4. The van der Waals surface area contributed by atoms with Gasteiger partial charge in [0.15, 0.2) is 11.5 Å². The van der Waals surface area contributed by atoms with Crippen molar-refractivity contribution in [1.29, 1.82) is 0 Å². The third kappa shape index (κ3) is 3.04. The highest BCUT2D eigenvalue weighted by Crippen LogP contribution is 2.28. The Hall–Kier alpha value is -1.75. The van der Waals surface area contributed by atoms with Crippen LogP contribution in [0.4, 0.5) is 0 Å². The molecule has 2 unspecified atom stereocenters. The largest absolute Gasteiger partial charge is 0.493 e. The number of hydrogen-bond acceptors (Lipinski definition) is 4. The highest BCUT2D eigenvalue weighted by atomic mass is 16.5. The number of morpholine rings is 1. The van der Waals surface area contributed by atoms with Crippen molar-refractivity contribution in [2.45, 2.75) is 26.1 Å². The van der Waals surface area contributed by atoms with Crippen LogP contribution in [0.2, 0.25) is 0 Å². The maximum absolute atomic E-state index is 12.5. The number of benzene rings is 1. The first kappa shape index (κ1) is 14.7. The zero-order valence-electron chi connectivity index (χ0n) is 12.4. The van der Waals surface area contributed by atoms with Gasteiger partial charge < -0.3 is 19.1 Å². The fourth-order valence-corrected chi connectivity index (χ4v) is 2.50. The van der Waals surface area contributed by atoms with Crippen LogP contribution in [0.15, 0.2) is 18.2 Å². The summed E-state index contributed by atoms with van der Waals surface area (Å²) in [5.41, 5.74) is 0.601. The molecule has 1 aromatic carbocycles. The van der Waals surface area contributed by atoms with Gasteiger partial charge in [-0.25, -0.2) is 0 Å². The highest BCUT2D eigenvalue weighted by Gasteiger charge is 2.27. The van der Waals surface area contributed by atoms with E-state index in [0.29, 0.717) is 30.2 Å². The first-order valence-corrected chi connectivity index (χ1v) is 6.72. The van der Waals surface area contributed by atoms with Crippen molar-refractivity contribution < 1.29 is 19.0 Å². The van der Waals surface area contributed by atoms with Crippen LogP contribution >= 0.6 is 0 Å². The second-order valence-electron chi connectivity index (χ2n) is 5.04. The second-order valence-corrected chi connectivity index (χ2v) is 5.04. The predicted molar refractivity (Wildman–Crippen MR) is 75.5 cm³/mol. The Balaban J connectivity index is 2.20. The Morgan fingerprint density at radius 2 is 1.75 bits per heavy atom. The number of amides is 1. The molecular formula is C15H21NO4. The summed E-state index contributed by atoms with van der Waals surface area (Å²) < 4.78 is 16.1. The van der Waals surface area contributed by atoms with Gasteiger partial charge in [0.05, 0.1) is 26.4 Å². The van der Waals surface area contributed by atoms with E-state index in [4.69, 9.17) is 14.2 Å². The second kappa shape index (κ2) is 6.13. The summed E-state index contributed by atoms with van der Waals surface area (Å²) in [6.45, 7) is 5.17. The van der Waals surface area contributed by atoms with Crippen LogP contribution in [-0.2, 0) is 4.74 Å². The van der Waals surface area contributed by atoms with Crippen molar-refractivity contribution in [2.24, 2.45) is 0 Å². The van der Waals surface area contributed by atoms with E-state index in [1.807, 2.05) is 18.7 Å². The Morgan fingerprint density at radius 3 is 2.30 bits per heavy atom. The van der Waals surface area contributed by atoms with Crippen molar-refractivity contribution in [3.05, 3.63) is 23.8 Å². The van der Waals surface area contributed by atoms with Gasteiger partial charge in [0.1, 0.15) is 0 Å². The van der Waals surface area contributed by atoms with Gasteiger partial charge in [0.25, 0.3) is 5.91 Å². The number of rotatable bonds is 3. The van der Waals surface area contributed by atoms with E-state index in [1.54, 1.807) is 32.4 Å². The molecule has 0 aliphatic carbocycles. The molecule has 1 aliphatic rings. The lowest BCUT2D eigenvalue weighted by Gasteiger charge is -2.35. The zero-order valence-corrected chi connectivity index (χ0v) is 12.4. The normalized spacial score (nSPS) is 22.5. The van der Waals surface area contributed by atoms with Crippen LogP contribution in [-0.4, -0.2) is 50.3 Å². The van der Waals surface area contributed by atoms with Crippen LogP contribution in [0.25, 0.3) is 0 Å². The molecule has 20 heavy (non-hydrogen) atoms. The molecule has 0 bridgehead atoms. The summed E-state index contributed by atoms with van der Waals surface area (Å²) >= 11 is 0.